The number of nitrogens with two attached hydrogens (primary N) is 1. The summed E-state index contributed by atoms with van der Waals surface area (Å²) in [4.78, 5) is 0. The fraction of sp³-hybridized carbons (Fsp3) is 0.571. The molecule has 0 aromatic heterocycles. The van der Waals surface area contributed by atoms with E-state index in [9.17, 15) is 8.78 Å². The van der Waals surface area contributed by atoms with Gasteiger partial charge in [-0.1, -0.05) is 37.1 Å². The average Bonchev–Trinajstić information content (AvgIpc) is 2.39. The smallest absolute Gasteiger partial charge is 0.242 e. The van der Waals surface area contributed by atoms with Crippen molar-refractivity contribution in [3.63, 3.8) is 0 Å². The zero-order valence-electron chi connectivity index (χ0n) is 9.91. The zero-order chi connectivity index (χ0) is 12.3. The lowest BCUT2D eigenvalue weighted by Gasteiger charge is -2.31. The summed E-state index contributed by atoms with van der Waals surface area (Å²) in [6.07, 6.45) is 1.31. The van der Waals surface area contributed by atoms with Gasteiger partial charge in [0.15, 0.2) is 0 Å². The van der Waals surface area contributed by atoms with Gasteiger partial charge in [0.2, 0.25) is 6.43 Å². The molecule has 1 nitrogen and oxygen atoms in total. The van der Waals surface area contributed by atoms with Crippen molar-refractivity contribution in [2.75, 3.05) is 0 Å². The number of rotatable bonds is 3. The molecule has 17 heavy (non-hydrogen) atoms. The van der Waals surface area contributed by atoms with Gasteiger partial charge >= 0.3 is 0 Å². The SMILES string of the molecule is NCc1cccc(C2CCCCC2C(F)F)c1. The molecule has 0 aliphatic heterocycles. The summed E-state index contributed by atoms with van der Waals surface area (Å²) < 4.78 is 26.0. The highest BCUT2D eigenvalue weighted by Gasteiger charge is 2.32. The van der Waals surface area contributed by atoms with E-state index in [0.717, 1.165) is 30.4 Å². The molecule has 2 N–H and O–H groups in total. The highest BCUT2D eigenvalue weighted by Crippen LogP contribution is 2.41. The van der Waals surface area contributed by atoms with Crippen molar-refractivity contribution >= 4 is 0 Å². The quantitative estimate of drug-likeness (QED) is 0.855. The van der Waals surface area contributed by atoms with Gasteiger partial charge in [0.1, 0.15) is 0 Å². The van der Waals surface area contributed by atoms with Crippen LogP contribution in [0.4, 0.5) is 8.78 Å². The third-order valence-electron chi connectivity index (χ3n) is 3.76. The number of hydrogen-bond donors (Lipinski definition) is 1. The van der Waals surface area contributed by atoms with Crippen molar-refractivity contribution in [3.05, 3.63) is 35.4 Å². The zero-order valence-corrected chi connectivity index (χ0v) is 9.91. The summed E-state index contributed by atoms with van der Waals surface area (Å²) in [5.41, 5.74) is 7.66. The first kappa shape index (κ1) is 12.5. The first-order chi connectivity index (χ1) is 8.22. The van der Waals surface area contributed by atoms with Crippen LogP contribution in [0.3, 0.4) is 0 Å². The summed E-state index contributed by atoms with van der Waals surface area (Å²) in [6, 6.07) is 7.83. The molecule has 0 spiro atoms. The van der Waals surface area contributed by atoms with Crippen molar-refractivity contribution < 1.29 is 8.78 Å². The van der Waals surface area contributed by atoms with Crippen molar-refractivity contribution in [2.24, 2.45) is 11.7 Å². The van der Waals surface area contributed by atoms with E-state index >= 15 is 0 Å². The molecule has 1 aromatic carbocycles. The molecule has 1 aliphatic rings. The van der Waals surface area contributed by atoms with Gasteiger partial charge in [0.25, 0.3) is 0 Å². The summed E-state index contributed by atoms with van der Waals surface area (Å²) in [6.45, 7) is 0.472. The number of halogens is 2. The predicted octanol–water partition coefficient (Wildman–Crippen LogP) is 3.68. The third kappa shape index (κ3) is 2.83. The maximum absolute atomic E-state index is 13.0. The molecule has 2 atom stereocenters. The van der Waals surface area contributed by atoms with Crippen LogP contribution >= 0.6 is 0 Å². The third-order valence-corrected chi connectivity index (χ3v) is 3.76. The Kier molecular flexibility index (Phi) is 4.11. The summed E-state index contributed by atoms with van der Waals surface area (Å²) in [7, 11) is 0. The molecular formula is C14H19F2N. The molecule has 0 amide bonds. The van der Waals surface area contributed by atoms with E-state index in [-0.39, 0.29) is 5.92 Å². The fourth-order valence-electron chi connectivity index (χ4n) is 2.83. The Hall–Kier alpha value is -0.960. The van der Waals surface area contributed by atoms with E-state index in [2.05, 4.69) is 0 Å². The van der Waals surface area contributed by atoms with E-state index < -0.39 is 12.3 Å². The Morgan fingerprint density at radius 2 is 2.00 bits per heavy atom. The minimum atomic E-state index is -2.21. The van der Waals surface area contributed by atoms with Crippen LogP contribution in [0.25, 0.3) is 0 Å². The van der Waals surface area contributed by atoms with Crippen molar-refractivity contribution in [2.45, 2.75) is 44.6 Å². The molecule has 0 radical (unpaired) electrons. The van der Waals surface area contributed by atoms with E-state index in [1.54, 1.807) is 0 Å². The molecule has 2 rings (SSSR count). The molecule has 0 bridgehead atoms. The fourth-order valence-corrected chi connectivity index (χ4v) is 2.83. The van der Waals surface area contributed by atoms with E-state index in [1.807, 2.05) is 24.3 Å². The van der Waals surface area contributed by atoms with Crippen LogP contribution in [0.1, 0.15) is 42.7 Å². The van der Waals surface area contributed by atoms with Gasteiger partial charge < -0.3 is 5.73 Å². The minimum absolute atomic E-state index is 0.00949. The summed E-state index contributed by atoms with van der Waals surface area (Å²) >= 11 is 0. The van der Waals surface area contributed by atoms with Crippen LogP contribution in [0, 0.1) is 5.92 Å². The normalized spacial score (nSPS) is 25.2. The Morgan fingerprint density at radius 3 is 2.71 bits per heavy atom. The average molecular weight is 239 g/mol. The minimum Gasteiger partial charge on any atom is -0.326 e. The van der Waals surface area contributed by atoms with E-state index in [0.29, 0.717) is 13.0 Å². The molecule has 1 aromatic rings. The monoisotopic (exact) mass is 239 g/mol. The van der Waals surface area contributed by atoms with Crippen molar-refractivity contribution in [1.29, 1.82) is 0 Å². The Morgan fingerprint density at radius 1 is 1.24 bits per heavy atom. The van der Waals surface area contributed by atoms with Gasteiger partial charge in [0.05, 0.1) is 0 Å². The second-order valence-electron chi connectivity index (χ2n) is 4.84. The predicted molar refractivity (Wildman–Crippen MR) is 65.0 cm³/mol. The van der Waals surface area contributed by atoms with Gasteiger partial charge in [-0.25, -0.2) is 8.78 Å². The lowest BCUT2D eigenvalue weighted by molar-refractivity contribution is 0.0430. The number of benzene rings is 1. The molecule has 0 saturated heterocycles. The lowest BCUT2D eigenvalue weighted by Crippen LogP contribution is -2.24. The Labute approximate surface area is 101 Å². The summed E-state index contributed by atoms with van der Waals surface area (Å²) in [5.74, 6) is -0.466. The van der Waals surface area contributed by atoms with Gasteiger partial charge in [-0.15, -0.1) is 0 Å². The van der Waals surface area contributed by atoms with Crippen LogP contribution in [-0.4, -0.2) is 6.43 Å². The van der Waals surface area contributed by atoms with Gasteiger partial charge in [-0.05, 0) is 29.9 Å². The van der Waals surface area contributed by atoms with Crippen LogP contribution in [0.5, 0.6) is 0 Å². The lowest BCUT2D eigenvalue weighted by atomic mass is 9.75. The van der Waals surface area contributed by atoms with Crippen molar-refractivity contribution in [1.82, 2.24) is 0 Å². The topological polar surface area (TPSA) is 26.0 Å². The second kappa shape index (κ2) is 5.58. The van der Waals surface area contributed by atoms with E-state index in [1.165, 1.54) is 0 Å². The van der Waals surface area contributed by atoms with Crippen molar-refractivity contribution in [3.8, 4) is 0 Å². The first-order valence-electron chi connectivity index (χ1n) is 6.29. The van der Waals surface area contributed by atoms with Crippen LogP contribution in [0.15, 0.2) is 24.3 Å². The van der Waals surface area contributed by atoms with E-state index in [4.69, 9.17) is 5.73 Å². The highest BCUT2D eigenvalue weighted by atomic mass is 19.3. The highest BCUT2D eigenvalue weighted by molar-refractivity contribution is 5.27. The largest absolute Gasteiger partial charge is 0.326 e. The maximum Gasteiger partial charge on any atom is 0.242 e. The number of hydrogen-bond acceptors (Lipinski definition) is 1. The first-order valence-corrected chi connectivity index (χ1v) is 6.29. The van der Waals surface area contributed by atoms with Crippen LogP contribution < -0.4 is 5.73 Å². The molecule has 2 unspecified atom stereocenters. The van der Waals surface area contributed by atoms with Gasteiger partial charge in [-0.3, -0.25) is 0 Å². The molecule has 1 saturated carbocycles. The van der Waals surface area contributed by atoms with Crippen LogP contribution in [0.2, 0.25) is 0 Å². The van der Waals surface area contributed by atoms with Crippen LogP contribution in [-0.2, 0) is 6.54 Å². The molecule has 0 heterocycles. The molecule has 94 valence electrons. The Bertz CT molecular complexity index is 365. The summed E-state index contributed by atoms with van der Waals surface area (Å²) in [5, 5.41) is 0. The molecule has 1 aliphatic carbocycles. The Balaban J connectivity index is 2.22. The molecule has 1 fully saturated rings. The molecule has 3 heteroatoms. The standard InChI is InChI=1S/C14H19F2N/c15-14(16)13-7-2-1-6-12(13)11-5-3-4-10(8-11)9-17/h3-5,8,12-14H,1-2,6-7,9,17H2. The second-order valence-corrected chi connectivity index (χ2v) is 4.84. The number of alkyl halides is 2. The molecular weight excluding hydrogens is 220 g/mol. The van der Waals surface area contributed by atoms with Gasteiger partial charge in [0, 0.05) is 12.5 Å². The maximum atomic E-state index is 13.0. The van der Waals surface area contributed by atoms with Gasteiger partial charge in [-0.2, -0.15) is 0 Å².